The quantitative estimate of drug-likeness (QED) is 0.487. The highest BCUT2D eigenvalue weighted by Gasteiger charge is 2.09. The normalized spacial score (nSPS) is 13.9. The molecule has 0 spiro atoms. The van der Waals surface area contributed by atoms with Gasteiger partial charge in [-0.05, 0) is 19.3 Å². The average Bonchev–Trinajstić information content (AvgIpc) is 2.16. The molecule has 4 nitrogen and oxygen atoms in total. The molecule has 98 valence electrons. The number of hydrogen-bond donors (Lipinski definition) is 1. The number of sulfone groups is 1. The van der Waals surface area contributed by atoms with Crippen LogP contribution in [0.25, 0.3) is 0 Å². The molecule has 0 aliphatic carbocycles. The van der Waals surface area contributed by atoms with Gasteiger partial charge in [-0.2, -0.15) is 0 Å². The summed E-state index contributed by atoms with van der Waals surface area (Å²) in [5, 5.41) is 0. The summed E-state index contributed by atoms with van der Waals surface area (Å²) in [4.78, 5) is 0. The first kappa shape index (κ1) is 16.1. The smallest absolute Gasteiger partial charge is 0.152 e. The lowest BCUT2D eigenvalue weighted by Gasteiger charge is -2.03. The molecule has 0 aromatic rings. The first-order valence-electron chi connectivity index (χ1n) is 5.76. The molecule has 1 unspecified atom stereocenters. The zero-order chi connectivity index (χ0) is 12.4. The van der Waals surface area contributed by atoms with Gasteiger partial charge in [-0.15, -0.1) is 0 Å². The van der Waals surface area contributed by atoms with Crippen LogP contribution in [-0.4, -0.2) is 34.4 Å². The SMILES string of the molecule is CCCCCS(=O)(=O)CCCCCS(=O)O. The van der Waals surface area contributed by atoms with Gasteiger partial charge in [-0.1, -0.05) is 26.2 Å². The van der Waals surface area contributed by atoms with E-state index in [4.69, 9.17) is 4.55 Å². The minimum Gasteiger partial charge on any atom is -0.306 e. The minimum atomic E-state index is -2.89. The molecule has 0 heterocycles. The van der Waals surface area contributed by atoms with E-state index < -0.39 is 20.9 Å². The van der Waals surface area contributed by atoms with Crippen LogP contribution >= 0.6 is 0 Å². The highest BCUT2D eigenvalue weighted by atomic mass is 32.2. The van der Waals surface area contributed by atoms with Gasteiger partial charge in [0.1, 0.15) is 9.84 Å². The van der Waals surface area contributed by atoms with Crippen LogP contribution in [-0.2, 0) is 20.9 Å². The molecule has 0 bridgehead atoms. The van der Waals surface area contributed by atoms with Gasteiger partial charge < -0.3 is 4.55 Å². The van der Waals surface area contributed by atoms with E-state index in [9.17, 15) is 12.6 Å². The number of hydrogen-bond acceptors (Lipinski definition) is 3. The van der Waals surface area contributed by atoms with E-state index in [1.165, 1.54) is 0 Å². The third-order valence-electron chi connectivity index (χ3n) is 2.33. The maximum absolute atomic E-state index is 11.5. The van der Waals surface area contributed by atoms with Gasteiger partial charge in [0.25, 0.3) is 0 Å². The first-order valence-corrected chi connectivity index (χ1v) is 8.85. The fraction of sp³-hybridized carbons (Fsp3) is 1.00. The minimum absolute atomic E-state index is 0.217. The Morgan fingerprint density at radius 3 is 2.06 bits per heavy atom. The van der Waals surface area contributed by atoms with Gasteiger partial charge in [0, 0.05) is 5.75 Å². The Morgan fingerprint density at radius 1 is 1.00 bits per heavy atom. The Morgan fingerprint density at radius 2 is 1.56 bits per heavy atom. The molecule has 0 aromatic carbocycles. The molecule has 0 radical (unpaired) electrons. The number of rotatable bonds is 10. The van der Waals surface area contributed by atoms with Crippen LogP contribution in [0.15, 0.2) is 0 Å². The lowest BCUT2D eigenvalue weighted by atomic mass is 10.3. The van der Waals surface area contributed by atoms with Crippen molar-refractivity contribution < 1.29 is 17.2 Å². The predicted molar refractivity (Wildman–Crippen MR) is 67.7 cm³/mol. The van der Waals surface area contributed by atoms with Crippen molar-refractivity contribution in [3.63, 3.8) is 0 Å². The average molecular weight is 270 g/mol. The molecule has 0 saturated carbocycles. The van der Waals surface area contributed by atoms with Gasteiger partial charge in [0.15, 0.2) is 11.1 Å². The lowest BCUT2D eigenvalue weighted by molar-refractivity contribution is 0.559. The van der Waals surface area contributed by atoms with Crippen LogP contribution in [0, 0.1) is 0 Å². The Bertz CT molecular complexity index is 285. The zero-order valence-electron chi connectivity index (χ0n) is 9.85. The summed E-state index contributed by atoms with van der Waals surface area (Å²) in [6.07, 6.45) is 4.67. The fourth-order valence-corrected chi connectivity index (χ4v) is 3.34. The van der Waals surface area contributed by atoms with Crippen LogP contribution < -0.4 is 0 Å². The highest BCUT2D eigenvalue weighted by Crippen LogP contribution is 2.05. The Hall–Kier alpha value is 0.0600. The van der Waals surface area contributed by atoms with Crippen molar-refractivity contribution in [2.75, 3.05) is 17.3 Å². The van der Waals surface area contributed by atoms with Crippen molar-refractivity contribution in [2.45, 2.75) is 45.4 Å². The summed E-state index contributed by atoms with van der Waals surface area (Å²) in [6.45, 7) is 2.04. The summed E-state index contributed by atoms with van der Waals surface area (Å²) >= 11 is -1.75. The van der Waals surface area contributed by atoms with Gasteiger partial charge in [-0.3, -0.25) is 0 Å². The van der Waals surface area contributed by atoms with Crippen LogP contribution in [0.2, 0.25) is 0 Å². The first-order chi connectivity index (χ1) is 7.48. The second-order valence-electron chi connectivity index (χ2n) is 3.95. The molecule has 1 atom stereocenters. The molecule has 0 fully saturated rings. The fourth-order valence-electron chi connectivity index (χ4n) is 1.40. The van der Waals surface area contributed by atoms with Gasteiger partial charge in [-0.25, -0.2) is 12.6 Å². The summed E-state index contributed by atoms with van der Waals surface area (Å²) in [6, 6.07) is 0. The van der Waals surface area contributed by atoms with Crippen molar-refractivity contribution in [3.05, 3.63) is 0 Å². The van der Waals surface area contributed by atoms with E-state index in [0.29, 0.717) is 19.3 Å². The monoisotopic (exact) mass is 270 g/mol. The molecule has 1 N–H and O–H groups in total. The molecule has 0 rings (SSSR count). The third-order valence-corrected chi connectivity index (χ3v) is 4.79. The van der Waals surface area contributed by atoms with Crippen LogP contribution in [0.3, 0.4) is 0 Å². The van der Waals surface area contributed by atoms with Gasteiger partial charge >= 0.3 is 0 Å². The van der Waals surface area contributed by atoms with E-state index in [1.54, 1.807) is 0 Å². The second-order valence-corrected chi connectivity index (χ2v) is 7.30. The largest absolute Gasteiger partial charge is 0.306 e. The summed E-state index contributed by atoms with van der Waals surface area (Å²) < 4.78 is 41.8. The van der Waals surface area contributed by atoms with Crippen LogP contribution in [0.4, 0.5) is 0 Å². The molecule has 0 aliphatic heterocycles. The lowest BCUT2D eigenvalue weighted by Crippen LogP contribution is -2.11. The molecule has 0 aliphatic rings. The second kappa shape index (κ2) is 9.13. The van der Waals surface area contributed by atoms with Crippen molar-refractivity contribution >= 4 is 20.9 Å². The van der Waals surface area contributed by atoms with E-state index in [2.05, 4.69) is 0 Å². The number of unbranched alkanes of at least 4 members (excludes halogenated alkanes) is 4. The highest BCUT2D eigenvalue weighted by molar-refractivity contribution is 7.91. The maximum atomic E-state index is 11.5. The standard InChI is InChI=1S/C10H22O4S2/c1-2-3-6-9-16(13,14)10-7-4-5-8-15(11)12/h2-10H2,1H3,(H,11,12). The van der Waals surface area contributed by atoms with E-state index in [-0.39, 0.29) is 17.3 Å². The summed E-state index contributed by atoms with van der Waals surface area (Å²) in [5.41, 5.74) is 0. The van der Waals surface area contributed by atoms with Gasteiger partial charge in [0.2, 0.25) is 0 Å². The molecule has 0 amide bonds. The van der Waals surface area contributed by atoms with Gasteiger partial charge in [0.05, 0.1) is 11.5 Å². The summed E-state index contributed by atoms with van der Waals surface area (Å²) in [5.74, 6) is 0.747. The van der Waals surface area contributed by atoms with Crippen LogP contribution in [0.1, 0.15) is 45.4 Å². The molecular weight excluding hydrogens is 248 g/mol. The Labute approximate surface area is 101 Å². The van der Waals surface area contributed by atoms with Crippen molar-refractivity contribution in [1.82, 2.24) is 0 Å². The van der Waals surface area contributed by atoms with Crippen molar-refractivity contribution in [3.8, 4) is 0 Å². The summed E-state index contributed by atoms with van der Waals surface area (Å²) in [7, 11) is -2.89. The van der Waals surface area contributed by atoms with Crippen molar-refractivity contribution in [1.29, 1.82) is 0 Å². The molecule has 6 heteroatoms. The molecule has 0 aromatic heterocycles. The van der Waals surface area contributed by atoms with E-state index >= 15 is 0 Å². The predicted octanol–water partition coefficient (Wildman–Crippen LogP) is 1.98. The zero-order valence-corrected chi connectivity index (χ0v) is 11.5. The maximum Gasteiger partial charge on any atom is 0.152 e. The Kier molecular flexibility index (Phi) is 9.16. The third kappa shape index (κ3) is 10.6. The van der Waals surface area contributed by atoms with Crippen LogP contribution in [0.5, 0.6) is 0 Å². The molecule has 0 saturated heterocycles. The topological polar surface area (TPSA) is 71.4 Å². The van der Waals surface area contributed by atoms with E-state index in [0.717, 1.165) is 19.3 Å². The Balaban J connectivity index is 3.54. The van der Waals surface area contributed by atoms with Crippen molar-refractivity contribution in [2.24, 2.45) is 0 Å². The molecule has 16 heavy (non-hydrogen) atoms. The molecular formula is C10H22O4S2. The van der Waals surface area contributed by atoms with E-state index in [1.807, 2.05) is 6.92 Å².